The van der Waals surface area contributed by atoms with E-state index in [1.807, 2.05) is 13.8 Å². The predicted molar refractivity (Wildman–Crippen MR) is 104 cm³/mol. The van der Waals surface area contributed by atoms with E-state index in [2.05, 4.69) is 36.2 Å². The van der Waals surface area contributed by atoms with Crippen LogP contribution < -0.4 is 4.83 Å². The Labute approximate surface area is 147 Å². The first kappa shape index (κ1) is 18.9. The van der Waals surface area contributed by atoms with E-state index in [4.69, 9.17) is 0 Å². The Kier molecular flexibility index (Phi) is 5.11. The summed E-state index contributed by atoms with van der Waals surface area (Å²) in [7, 11) is -4.91. The largest absolute Gasteiger partial charge is 0.276 e. The molecule has 2 rings (SSSR count). The van der Waals surface area contributed by atoms with Gasteiger partial charge in [-0.2, -0.15) is 13.5 Å². The number of hydrogen-bond acceptors (Lipinski definition) is 3. The Hall–Kier alpha value is -1.40. The molecule has 1 fully saturated rings. The Morgan fingerprint density at radius 3 is 2.29 bits per heavy atom. The van der Waals surface area contributed by atoms with Crippen LogP contribution >= 0.6 is 0 Å². The molecular formula is C18H28N2O2SSi. The lowest BCUT2D eigenvalue weighted by Crippen LogP contribution is -2.30. The average molecular weight is 365 g/mol. The molecule has 0 saturated heterocycles. The zero-order valence-electron chi connectivity index (χ0n) is 15.3. The summed E-state index contributed by atoms with van der Waals surface area (Å²) in [5.74, 6) is 0. The Morgan fingerprint density at radius 2 is 1.83 bits per heavy atom. The van der Waals surface area contributed by atoms with E-state index in [0.29, 0.717) is 5.04 Å². The predicted octanol–water partition coefficient (Wildman–Crippen LogP) is 4.47. The number of nitrogens with one attached hydrogen (secondary N) is 1. The van der Waals surface area contributed by atoms with Crippen molar-refractivity contribution >= 4 is 23.8 Å². The van der Waals surface area contributed by atoms with E-state index in [0.717, 1.165) is 30.5 Å². The zero-order chi connectivity index (χ0) is 18.2. The number of allylic oxidation sites excluding steroid dienone is 1. The molecule has 1 N–H and O–H groups in total. The van der Waals surface area contributed by atoms with Crippen molar-refractivity contribution in [1.82, 2.24) is 4.83 Å². The molecule has 0 aliphatic heterocycles. The first-order chi connectivity index (χ1) is 11.0. The van der Waals surface area contributed by atoms with E-state index in [1.54, 1.807) is 24.3 Å². The van der Waals surface area contributed by atoms with Crippen LogP contribution in [0.15, 0.2) is 46.4 Å². The zero-order valence-corrected chi connectivity index (χ0v) is 17.1. The topological polar surface area (TPSA) is 58.5 Å². The third kappa shape index (κ3) is 3.98. The molecule has 6 heteroatoms. The molecule has 1 aliphatic rings. The van der Waals surface area contributed by atoms with E-state index in [1.165, 1.54) is 5.57 Å². The summed E-state index contributed by atoms with van der Waals surface area (Å²) in [6.07, 6.45) is 2.92. The molecule has 1 unspecified atom stereocenters. The van der Waals surface area contributed by atoms with Gasteiger partial charge in [-0.25, -0.2) is 4.83 Å². The highest BCUT2D eigenvalue weighted by Gasteiger charge is 2.55. The molecule has 1 aromatic rings. The summed E-state index contributed by atoms with van der Waals surface area (Å²) in [5, 5.41) is 4.40. The van der Waals surface area contributed by atoms with Gasteiger partial charge in [-0.3, -0.25) is 0 Å². The number of aryl methyl sites for hydroxylation is 1. The molecule has 1 saturated carbocycles. The number of benzene rings is 1. The van der Waals surface area contributed by atoms with Crippen molar-refractivity contribution in [2.45, 2.75) is 62.7 Å². The van der Waals surface area contributed by atoms with Gasteiger partial charge in [0.15, 0.2) is 0 Å². The highest BCUT2D eigenvalue weighted by molar-refractivity contribution is 7.89. The summed E-state index contributed by atoms with van der Waals surface area (Å²) in [5.41, 5.74) is 3.19. The smallest absolute Gasteiger partial charge is 0.200 e. The standard InChI is InChI=1S/C18H28N2O2SSi/c1-14-7-9-17(10-8-14)23(21,22)20-19-16(3)11-12-18(13-15(18)2)24(4,5)6/h7-10,20H,2,11-13H2,1,3-6H3/b19-16+. The van der Waals surface area contributed by atoms with Crippen LogP contribution in [0.2, 0.25) is 24.7 Å². The van der Waals surface area contributed by atoms with E-state index >= 15 is 0 Å². The number of sulfonamides is 1. The van der Waals surface area contributed by atoms with Crippen molar-refractivity contribution in [1.29, 1.82) is 0 Å². The molecule has 0 spiro atoms. The summed E-state index contributed by atoms with van der Waals surface area (Å²) < 4.78 is 24.5. The van der Waals surface area contributed by atoms with Gasteiger partial charge in [0.05, 0.1) is 13.0 Å². The molecule has 1 atom stereocenters. The normalized spacial score (nSPS) is 21.7. The maximum absolute atomic E-state index is 12.2. The van der Waals surface area contributed by atoms with Crippen LogP contribution in [0, 0.1) is 6.92 Å². The highest BCUT2D eigenvalue weighted by Crippen LogP contribution is 2.67. The lowest BCUT2D eigenvalue weighted by Gasteiger charge is -2.28. The van der Waals surface area contributed by atoms with Crippen LogP contribution in [-0.2, 0) is 10.0 Å². The van der Waals surface area contributed by atoms with Gasteiger partial charge < -0.3 is 0 Å². The summed E-state index contributed by atoms with van der Waals surface area (Å²) in [4.78, 5) is 2.59. The summed E-state index contributed by atoms with van der Waals surface area (Å²) >= 11 is 0. The number of rotatable bonds is 7. The van der Waals surface area contributed by atoms with Crippen molar-refractivity contribution in [2.24, 2.45) is 5.10 Å². The van der Waals surface area contributed by atoms with Gasteiger partial charge in [-0.15, -0.1) is 0 Å². The van der Waals surface area contributed by atoms with Crippen LogP contribution in [0.5, 0.6) is 0 Å². The Morgan fingerprint density at radius 1 is 1.29 bits per heavy atom. The van der Waals surface area contributed by atoms with E-state index in [-0.39, 0.29) is 4.90 Å². The SMILES string of the molecule is C=C1CC1(CC/C(C)=N/NS(=O)(=O)c1ccc(C)cc1)[Si](C)(C)C. The summed E-state index contributed by atoms with van der Waals surface area (Å²) in [6, 6.07) is 6.75. The van der Waals surface area contributed by atoms with Gasteiger partial charge in [-0.05, 0) is 50.3 Å². The fourth-order valence-electron chi connectivity index (χ4n) is 3.11. The molecular weight excluding hydrogens is 336 g/mol. The maximum Gasteiger partial charge on any atom is 0.276 e. The minimum atomic E-state index is -3.60. The van der Waals surface area contributed by atoms with Crippen LogP contribution in [0.3, 0.4) is 0 Å². The number of nitrogens with zero attached hydrogens (tertiary/aromatic N) is 1. The second kappa shape index (κ2) is 6.48. The number of hydrogen-bond donors (Lipinski definition) is 1. The maximum atomic E-state index is 12.2. The van der Waals surface area contributed by atoms with Gasteiger partial charge in [0.25, 0.3) is 10.0 Å². The molecule has 4 nitrogen and oxygen atoms in total. The van der Waals surface area contributed by atoms with Gasteiger partial charge in [0, 0.05) is 5.71 Å². The first-order valence-electron chi connectivity index (χ1n) is 8.28. The van der Waals surface area contributed by atoms with E-state index < -0.39 is 18.1 Å². The van der Waals surface area contributed by atoms with Gasteiger partial charge in [0.2, 0.25) is 0 Å². The van der Waals surface area contributed by atoms with Crippen LogP contribution in [-0.4, -0.2) is 22.2 Å². The van der Waals surface area contributed by atoms with Crippen LogP contribution in [0.4, 0.5) is 0 Å². The molecule has 0 amide bonds. The lowest BCUT2D eigenvalue weighted by molar-refractivity contribution is 0.584. The molecule has 1 aliphatic carbocycles. The molecule has 0 radical (unpaired) electrons. The minimum absolute atomic E-state index is 0.235. The highest BCUT2D eigenvalue weighted by atomic mass is 32.2. The third-order valence-corrected chi connectivity index (χ3v) is 9.98. The van der Waals surface area contributed by atoms with Crippen molar-refractivity contribution in [3.63, 3.8) is 0 Å². The molecule has 0 heterocycles. The van der Waals surface area contributed by atoms with Gasteiger partial charge >= 0.3 is 0 Å². The van der Waals surface area contributed by atoms with Crippen LogP contribution in [0.25, 0.3) is 0 Å². The minimum Gasteiger partial charge on any atom is -0.200 e. The van der Waals surface area contributed by atoms with Gasteiger partial charge in [-0.1, -0.05) is 49.5 Å². The fraction of sp³-hybridized carbons (Fsp3) is 0.500. The van der Waals surface area contributed by atoms with E-state index in [9.17, 15) is 8.42 Å². The molecule has 0 bridgehead atoms. The van der Waals surface area contributed by atoms with Crippen molar-refractivity contribution in [3.05, 3.63) is 42.0 Å². The number of hydrazone groups is 1. The quantitative estimate of drug-likeness (QED) is 0.336. The van der Waals surface area contributed by atoms with Crippen molar-refractivity contribution in [3.8, 4) is 0 Å². The Balaban J connectivity index is 1.99. The monoisotopic (exact) mass is 364 g/mol. The Bertz CT molecular complexity index is 761. The molecule has 132 valence electrons. The van der Waals surface area contributed by atoms with Crippen LogP contribution in [0.1, 0.15) is 31.7 Å². The fourth-order valence-corrected chi connectivity index (χ4v) is 6.67. The third-order valence-electron chi connectivity index (χ3n) is 5.10. The van der Waals surface area contributed by atoms with Crippen molar-refractivity contribution < 1.29 is 8.42 Å². The lowest BCUT2D eigenvalue weighted by atomic mass is 10.1. The van der Waals surface area contributed by atoms with Gasteiger partial charge in [0.1, 0.15) is 0 Å². The molecule has 24 heavy (non-hydrogen) atoms. The second-order valence-electron chi connectivity index (χ2n) is 7.87. The molecule has 0 aromatic heterocycles. The molecule has 1 aromatic carbocycles. The average Bonchev–Trinajstić information content (AvgIpc) is 3.15. The second-order valence-corrected chi connectivity index (χ2v) is 15.0. The summed E-state index contributed by atoms with van der Waals surface area (Å²) in [6.45, 7) is 15.1. The first-order valence-corrected chi connectivity index (χ1v) is 13.3. The van der Waals surface area contributed by atoms with Crippen molar-refractivity contribution in [2.75, 3.05) is 0 Å².